The minimum atomic E-state index is -0.549. The van der Waals surface area contributed by atoms with Gasteiger partial charge in [-0.2, -0.15) is 0 Å². The molecule has 3 aromatic rings. The van der Waals surface area contributed by atoms with Gasteiger partial charge in [0.15, 0.2) is 5.11 Å². The highest BCUT2D eigenvalue weighted by atomic mass is 32.1. The number of carbonyl (C=O) groups excluding carboxylic acids is 1. The Morgan fingerprint density at radius 2 is 1.79 bits per heavy atom. The fourth-order valence-electron chi connectivity index (χ4n) is 2.63. The second-order valence-electron chi connectivity index (χ2n) is 7.67. The van der Waals surface area contributed by atoms with Crippen molar-refractivity contribution in [3.63, 3.8) is 0 Å². The van der Waals surface area contributed by atoms with Gasteiger partial charge in [-0.15, -0.1) is 0 Å². The largest absolute Gasteiger partial charge is 0.422 e. The van der Waals surface area contributed by atoms with E-state index in [1.54, 1.807) is 6.07 Å². The second kappa shape index (κ2) is 7.56. The Morgan fingerprint density at radius 1 is 1.07 bits per heavy atom. The summed E-state index contributed by atoms with van der Waals surface area (Å²) in [6.45, 7) is 7.37. The molecule has 2 N–H and O–H groups in total. The zero-order chi connectivity index (χ0) is 20.5. The number of fused-ring (bicyclic) bond motifs is 1. The SMILES string of the molecule is Cc1ccc(-c2cc3ccccc3oc2=O)cc1NC(=S)NC(=O)C(C)(C)C. The number of benzene rings is 2. The summed E-state index contributed by atoms with van der Waals surface area (Å²) in [7, 11) is 0. The van der Waals surface area contributed by atoms with E-state index >= 15 is 0 Å². The molecule has 144 valence electrons. The highest BCUT2D eigenvalue weighted by molar-refractivity contribution is 7.80. The van der Waals surface area contributed by atoms with E-state index in [4.69, 9.17) is 16.6 Å². The zero-order valence-electron chi connectivity index (χ0n) is 16.3. The maximum atomic E-state index is 12.4. The van der Waals surface area contributed by atoms with Crippen molar-refractivity contribution in [2.75, 3.05) is 5.32 Å². The van der Waals surface area contributed by atoms with Gasteiger partial charge in [-0.25, -0.2) is 4.79 Å². The highest BCUT2D eigenvalue weighted by Crippen LogP contribution is 2.26. The van der Waals surface area contributed by atoms with Gasteiger partial charge in [0.2, 0.25) is 5.91 Å². The molecule has 0 unspecified atom stereocenters. The van der Waals surface area contributed by atoms with Crippen LogP contribution in [0.25, 0.3) is 22.1 Å². The van der Waals surface area contributed by atoms with Crippen LogP contribution in [0, 0.1) is 12.3 Å². The molecule has 28 heavy (non-hydrogen) atoms. The van der Waals surface area contributed by atoms with Crippen LogP contribution in [-0.4, -0.2) is 11.0 Å². The molecular formula is C22H22N2O3S. The average molecular weight is 394 g/mol. The highest BCUT2D eigenvalue weighted by Gasteiger charge is 2.22. The molecule has 0 aliphatic heterocycles. The lowest BCUT2D eigenvalue weighted by molar-refractivity contribution is -0.126. The molecule has 0 saturated carbocycles. The number of anilines is 1. The molecule has 3 rings (SSSR count). The van der Waals surface area contributed by atoms with Gasteiger partial charge in [-0.3, -0.25) is 4.79 Å². The van der Waals surface area contributed by atoms with Crippen molar-refractivity contribution in [1.29, 1.82) is 0 Å². The molecule has 1 aromatic heterocycles. The lowest BCUT2D eigenvalue weighted by Crippen LogP contribution is -2.41. The van der Waals surface area contributed by atoms with Crippen molar-refractivity contribution in [2.24, 2.45) is 5.41 Å². The molecule has 0 fully saturated rings. The number of thiocarbonyl (C=S) groups is 1. The molecule has 0 saturated heterocycles. The van der Waals surface area contributed by atoms with Crippen LogP contribution in [-0.2, 0) is 4.79 Å². The quantitative estimate of drug-likeness (QED) is 0.490. The molecule has 0 atom stereocenters. The van der Waals surface area contributed by atoms with Gasteiger partial charge < -0.3 is 15.1 Å². The Kier molecular flexibility index (Phi) is 5.34. The van der Waals surface area contributed by atoms with Crippen LogP contribution in [0.3, 0.4) is 0 Å². The third-order valence-electron chi connectivity index (χ3n) is 4.35. The number of amides is 1. The summed E-state index contributed by atoms with van der Waals surface area (Å²) in [5.41, 5.74) is 2.41. The summed E-state index contributed by atoms with van der Waals surface area (Å²) in [4.78, 5) is 24.6. The van der Waals surface area contributed by atoms with Crippen molar-refractivity contribution in [2.45, 2.75) is 27.7 Å². The summed E-state index contributed by atoms with van der Waals surface area (Å²) in [6.07, 6.45) is 0. The average Bonchev–Trinajstić information content (AvgIpc) is 2.62. The molecule has 5 nitrogen and oxygen atoms in total. The third kappa shape index (κ3) is 4.28. The first-order valence-corrected chi connectivity index (χ1v) is 9.32. The van der Waals surface area contributed by atoms with Gasteiger partial charge in [0.25, 0.3) is 0 Å². The molecule has 0 aliphatic rings. The van der Waals surface area contributed by atoms with E-state index < -0.39 is 11.0 Å². The van der Waals surface area contributed by atoms with Crippen LogP contribution in [0.1, 0.15) is 26.3 Å². The van der Waals surface area contributed by atoms with Crippen molar-refractivity contribution in [3.8, 4) is 11.1 Å². The van der Waals surface area contributed by atoms with Gasteiger partial charge in [-0.05, 0) is 48.5 Å². The predicted molar refractivity (Wildman–Crippen MR) is 116 cm³/mol. The van der Waals surface area contributed by atoms with E-state index in [0.29, 0.717) is 22.4 Å². The summed E-state index contributed by atoms with van der Waals surface area (Å²) in [5, 5.41) is 6.80. The molecule has 0 spiro atoms. The first-order valence-electron chi connectivity index (χ1n) is 8.91. The predicted octanol–water partition coefficient (Wildman–Crippen LogP) is 4.63. The molecule has 0 aliphatic carbocycles. The summed E-state index contributed by atoms with van der Waals surface area (Å²) in [5.74, 6) is -0.172. The number of carbonyl (C=O) groups is 1. The molecule has 6 heteroatoms. The Hall–Kier alpha value is -2.99. The fourth-order valence-corrected chi connectivity index (χ4v) is 2.83. The van der Waals surface area contributed by atoms with E-state index in [0.717, 1.165) is 10.9 Å². The minimum Gasteiger partial charge on any atom is -0.422 e. The van der Waals surface area contributed by atoms with Crippen molar-refractivity contribution in [3.05, 3.63) is 64.5 Å². The Balaban J connectivity index is 1.92. The number of rotatable bonds is 2. The summed E-state index contributed by atoms with van der Waals surface area (Å²) >= 11 is 5.27. The van der Waals surface area contributed by atoms with E-state index in [1.165, 1.54) is 0 Å². The van der Waals surface area contributed by atoms with Gasteiger partial charge in [0.1, 0.15) is 5.58 Å². The van der Waals surface area contributed by atoms with Gasteiger partial charge in [-0.1, -0.05) is 51.1 Å². The first-order chi connectivity index (χ1) is 13.1. The standard InChI is InChI=1S/C22H22N2O3S/c1-13-9-10-14(12-17(13)23-21(28)24-20(26)22(2,3)4)16-11-15-7-5-6-8-18(15)27-19(16)25/h5-12H,1-4H3,(H2,23,24,26,28). The lowest BCUT2D eigenvalue weighted by Gasteiger charge is -2.19. The van der Waals surface area contributed by atoms with E-state index in [-0.39, 0.29) is 11.0 Å². The molecular weight excluding hydrogens is 372 g/mol. The maximum Gasteiger partial charge on any atom is 0.344 e. The maximum absolute atomic E-state index is 12.4. The zero-order valence-corrected chi connectivity index (χ0v) is 17.1. The van der Waals surface area contributed by atoms with Crippen molar-refractivity contribution in [1.82, 2.24) is 5.32 Å². The summed E-state index contributed by atoms with van der Waals surface area (Å²) < 4.78 is 5.43. The molecule has 0 radical (unpaired) electrons. The molecule has 2 aromatic carbocycles. The summed E-state index contributed by atoms with van der Waals surface area (Å²) in [6, 6.07) is 14.8. The Bertz CT molecular complexity index is 1130. The minimum absolute atomic E-state index is 0.172. The van der Waals surface area contributed by atoms with Crippen molar-refractivity contribution < 1.29 is 9.21 Å². The fraction of sp³-hybridized carbons (Fsp3) is 0.227. The van der Waals surface area contributed by atoms with Crippen LogP contribution in [0.5, 0.6) is 0 Å². The van der Waals surface area contributed by atoms with E-state index in [1.807, 2.05) is 70.2 Å². The normalized spacial score (nSPS) is 11.3. The van der Waals surface area contributed by atoms with Crippen LogP contribution in [0.15, 0.2) is 57.7 Å². The smallest absolute Gasteiger partial charge is 0.344 e. The monoisotopic (exact) mass is 394 g/mol. The Labute approximate surface area is 168 Å². The number of hydrogen-bond acceptors (Lipinski definition) is 4. The number of aryl methyl sites for hydroxylation is 1. The van der Waals surface area contributed by atoms with E-state index in [9.17, 15) is 9.59 Å². The van der Waals surface area contributed by atoms with Gasteiger partial charge >= 0.3 is 5.63 Å². The van der Waals surface area contributed by atoms with Crippen LogP contribution < -0.4 is 16.3 Å². The lowest BCUT2D eigenvalue weighted by atomic mass is 9.96. The Morgan fingerprint density at radius 3 is 2.50 bits per heavy atom. The second-order valence-corrected chi connectivity index (χ2v) is 8.08. The number of hydrogen-bond donors (Lipinski definition) is 2. The number of nitrogens with one attached hydrogen (secondary N) is 2. The molecule has 1 amide bonds. The first kappa shape index (κ1) is 19.8. The number of para-hydroxylation sites is 1. The third-order valence-corrected chi connectivity index (χ3v) is 4.55. The van der Waals surface area contributed by atoms with Gasteiger partial charge in [0, 0.05) is 16.5 Å². The molecule has 0 bridgehead atoms. The van der Waals surface area contributed by atoms with Crippen molar-refractivity contribution >= 4 is 39.9 Å². The van der Waals surface area contributed by atoms with Gasteiger partial charge in [0.05, 0.1) is 5.56 Å². The topological polar surface area (TPSA) is 71.3 Å². The van der Waals surface area contributed by atoms with Crippen LogP contribution in [0.4, 0.5) is 5.69 Å². The van der Waals surface area contributed by atoms with Crippen LogP contribution in [0.2, 0.25) is 0 Å². The van der Waals surface area contributed by atoms with Crippen LogP contribution >= 0.6 is 12.2 Å². The molecule has 1 heterocycles. The van der Waals surface area contributed by atoms with E-state index in [2.05, 4.69) is 10.6 Å².